The molecule has 0 spiro atoms. The van der Waals surface area contributed by atoms with E-state index in [1.54, 1.807) is 18.2 Å². The quantitative estimate of drug-likeness (QED) is 0.328. The molecule has 21 heavy (non-hydrogen) atoms. The van der Waals surface area contributed by atoms with Crippen LogP contribution in [-0.4, -0.2) is 45.5 Å². The maximum Gasteiger partial charge on any atom is 0.329 e. The summed E-state index contributed by atoms with van der Waals surface area (Å²) in [6, 6.07) is 7.05. The van der Waals surface area contributed by atoms with Crippen molar-refractivity contribution < 1.29 is 24.8 Å². The second-order valence-electron chi connectivity index (χ2n) is 3.65. The van der Waals surface area contributed by atoms with E-state index < -0.39 is 29.6 Å². The van der Waals surface area contributed by atoms with Gasteiger partial charge in [-0.25, -0.2) is 10.1 Å². The minimum absolute atomic E-state index is 0.190. The van der Waals surface area contributed by atoms with Crippen LogP contribution >= 0.6 is 12.6 Å². The van der Waals surface area contributed by atoms with Gasteiger partial charge in [-0.2, -0.15) is 12.6 Å². The van der Waals surface area contributed by atoms with Crippen LogP contribution in [0.2, 0.25) is 0 Å². The number of hydrazine groups is 1. The number of carbonyl (C=O) groups is 2. The minimum atomic E-state index is -1.24. The van der Waals surface area contributed by atoms with Crippen molar-refractivity contribution in [1.29, 1.82) is 0 Å². The third kappa shape index (κ3) is 7.74. The number of hydrogen-bond donors (Lipinski definition) is 4. The van der Waals surface area contributed by atoms with Crippen LogP contribution in [-0.2, 0) is 9.59 Å². The minimum Gasteiger partial charge on any atom is -0.480 e. The van der Waals surface area contributed by atoms with E-state index in [1.165, 1.54) is 12.1 Å². The molecule has 0 radical (unpaired) electrons. The molecule has 0 aromatic heterocycles. The Morgan fingerprint density at radius 3 is 2.14 bits per heavy atom. The molecular weight excluding hydrogens is 302 g/mol. The van der Waals surface area contributed by atoms with Crippen molar-refractivity contribution >= 4 is 30.3 Å². The molecule has 9 nitrogen and oxygen atoms in total. The maximum absolute atomic E-state index is 10.5. The number of para-hydroxylation sites is 1. The molecule has 0 saturated heterocycles. The van der Waals surface area contributed by atoms with Gasteiger partial charge in [-0.15, -0.1) is 0 Å². The highest BCUT2D eigenvalue weighted by Gasteiger charge is 2.19. The molecule has 1 aromatic carbocycles. The third-order valence-corrected chi connectivity index (χ3v) is 2.44. The summed E-state index contributed by atoms with van der Waals surface area (Å²) in [5.74, 6) is -2.06. The Morgan fingerprint density at radius 1 is 1.33 bits per heavy atom. The first-order chi connectivity index (χ1) is 9.79. The zero-order chi connectivity index (χ0) is 16.4. The van der Waals surface area contributed by atoms with Crippen molar-refractivity contribution in [2.24, 2.45) is 5.73 Å². The number of nitro groups is 1. The number of carboxylic acids is 2. The van der Waals surface area contributed by atoms with Gasteiger partial charge in [0.15, 0.2) is 11.6 Å². The highest BCUT2D eigenvalue weighted by Crippen LogP contribution is 2.12. The van der Waals surface area contributed by atoms with Gasteiger partial charge in [0, 0.05) is 5.75 Å². The van der Waals surface area contributed by atoms with Crippen molar-refractivity contribution in [1.82, 2.24) is 0 Å². The van der Waals surface area contributed by atoms with Crippen LogP contribution in [0.3, 0.4) is 0 Å². The van der Waals surface area contributed by atoms with Gasteiger partial charge < -0.3 is 15.9 Å². The number of nitrogens with two attached hydrogens (primary N) is 1. The Morgan fingerprint density at radius 2 is 1.86 bits per heavy atom. The zero-order valence-corrected chi connectivity index (χ0v) is 11.7. The Hall–Kier alpha value is -2.33. The first-order valence-corrected chi connectivity index (χ1v) is 6.20. The van der Waals surface area contributed by atoms with E-state index in [9.17, 15) is 19.7 Å². The fourth-order valence-electron chi connectivity index (χ4n) is 1.05. The standard InChI is InChI=1S/C8H8N2O4.C3H7NO2S/c11-8(12)6-9(10(13)14)7-4-2-1-3-5-7;4-2(1-7)3(5)6/h1-5H,6H2,(H,11,12);2,7H,1,4H2,(H,5,6)/t;2-/m.0/s1. The normalized spacial score (nSPS) is 10.8. The molecule has 0 saturated carbocycles. The van der Waals surface area contributed by atoms with Crippen LogP contribution in [0.5, 0.6) is 0 Å². The Bertz CT molecular complexity index is 484. The van der Waals surface area contributed by atoms with Gasteiger partial charge in [0.05, 0.1) is 0 Å². The average Bonchev–Trinajstić information content (AvgIpc) is 2.44. The summed E-state index contributed by atoms with van der Waals surface area (Å²) >= 11 is 3.65. The van der Waals surface area contributed by atoms with E-state index in [0.29, 0.717) is 5.01 Å². The van der Waals surface area contributed by atoms with Crippen LogP contribution in [0.4, 0.5) is 5.69 Å². The molecule has 0 aliphatic heterocycles. The predicted octanol–water partition coefficient (Wildman–Crippen LogP) is 0.0974. The lowest BCUT2D eigenvalue weighted by Gasteiger charge is -2.10. The van der Waals surface area contributed by atoms with Crippen LogP contribution in [0.1, 0.15) is 0 Å². The van der Waals surface area contributed by atoms with E-state index in [-0.39, 0.29) is 11.4 Å². The van der Waals surface area contributed by atoms with Gasteiger partial charge in [-0.1, -0.05) is 23.2 Å². The molecule has 0 fully saturated rings. The molecule has 1 atom stereocenters. The highest BCUT2D eigenvalue weighted by atomic mass is 32.1. The van der Waals surface area contributed by atoms with Crippen molar-refractivity contribution in [3.63, 3.8) is 0 Å². The Labute approximate surface area is 125 Å². The van der Waals surface area contributed by atoms with Gasteiger partial charge in [-0.3, -0.25) is 9.59 Å². The third-order valence-electron chi connectivity index (χ3n) is 2.05. The fourth-order valence-corrected chi connectivity index (χ4v) is 1.21. The summed E-state index contributed by atoms with van der Waals surface area (Å²) in [4.78, 5) is 30.6. The van der Waals surface area contributed by atoms with E-state index >= 15 is 0 Å². The first kappa shape index (κ1) is 18.7. The highest BCUT2D eigenvalue weighted by molar-refractivity contribution is 7.80. The van der Waals surface area contributed by atoms with E-state index in [1.807, 2.05) is 0 Å². The first-order valence-electron chi connectivity index (χ1n) is 5.57. The monoisotopic (exact) mass is 317 g/mol. The zero-order valence-electron chi connectivity index (χ0n) is 10.8. The molecule has 0 aliphatic rings. The number of hydrogen-bond acceptors (Lipinski definition) is 6. The maximum atomic E-state index is 10.5. The lowest BCUT2D eigenvalue weighted by atomic mass is 10.3. The molecule has 0 aliphatic carbocycles. The summed E-state index contributed by atoms with van der Waals surface area (Å²) in [6.45, 7) is -0.656. The number of aliphatic carboxylic acids is 2. The van der Waals surface area contributed by atoms with Crippen LogP contribution in [0.25, 0.3) is 0 Å². The summed E-state index contributed by atoms with van der Waals surface area (Å²) in [7, 11) is 0. The van der Waals surface area contributed by atoms with E-state index in [2.05, 4.69) is 12.6 Å². The number of anilines is 1. The summed E-state index contributed by atoms with van der Waals surface area (Å²) < 4.78 is 0. The molecule has 4 N–H and O–H groups in total. The van der Waals surface area contributed by atoms with Crippen molar-refractivity contribution in [3.05, 3.63) is 40.4 Å². The summed E-state index contributed by atoms with van der Waals surface area (Å²) in [5.41, 5.74) is 5.19. The second kappa shape index (κ2) is 9.55. The molecule has 1 rings (SSSR count). The smallest absolute Gasteiger partial charge is 0.329 e. The van der Waals surface area contributed by atoms with Crippen molar-refractivity contribution in [3.8, 4) is 0 Å². The molecule has 1 aromatic rings. The predicted molar refractivity (Wildman–Crippen MR) is 77.9 cm³/mol. The van der Waals surface area contributed by atoms with Gasteiger partial charge in [-0.05, 0) is 12.1 Å². The molecule has 0 bridgehead atoms. The summed E-state index contributed by atoms with van der Waals surface area (Å²) in [5, 5.41) is 26.8. The van der Waals surface area contributed by atoms with Gasteiger partial charge >= 0.3 is 11.9 Å². The molecule has 0 heterocycles. The number of thiol groups is 1. The van der Waals surface area contributed by atoms with E-state index in [0.717, 1.165) is 0 Å². The van der Waals surface area contributed by atoms with Crippen molar-refractivity contribution in [2.75, 3.05) is 17.3 Å². The fraction of sp³-hybridized carbons (Fsp3) is 0.273. The lowest BCUT2D eigenvalue weighted by molar-refractivity contribution is -0.493. The largest absolute Gasteiger partial charge is 0.480 e. The van der Waals surface area contributed by atoms with E-state index in [4.69, 9.17) is 15.9 Å². The second-order valence-corrected chi connectivity index (χ2v) is 4.02. The Balaban J connectivity index is 0.000000486. The molecule has 116 valence electrons. The van der Waals surface area contributed by atoms with Crippen molar-refractivity contribution in [2.45, 2.75) is 6.04 Å². The molecule has 10 heteroatoms. The number of rotatable bonds is 6. The van der Waals surface area contributed by atoms with Crippen LogP contribution < -0.4 is 10.7 Å². The molecular formula is C11H15N3O6S. The van der Waals surface area contributed by atoms with Crippen LogP contribution in [0.15, 0.2) is 30.3 Å². The number of nitrogens with zero attached hydrogens (tertiary/aromatic N) is 2. The Kier molecular flexibility index (Phi) is 8.49. The SMILES string of the molecule is N[C@@H](CS)C(=O)O.O=C(O)CN(c1ccccc1)[N+](=O)[O-]. The average molecular weight is 317 g/mol. The molecule has 0 amide bonds. The number of carboxylic acid groups (broad SMARTS) is 2. The van der Waals surface area contributed by atoms with Crippen LogP contribution in [0, 0.1) is 10.1 Å². The topological polar surface area (TPSA) is 147 Å². The molecule has 0 unspecified atom stereocenters. The lowest BCUT2D eigenvalue weighted by Crippen LogP contribution is -2.34. The number of benzene rings is 1. The van der Waals surface area contributed by atoms with Gasteiger partial charge in [0.2, 0.25) is 0 Å². The van der Waals surface area contributed by atoms with Gasteiger partial charge in [0.1, 0.15) is 11.7 Å². The summed E-state index contributed by atoms with van der Waals surface area (Å²) in [6.07, 6.45) is 0. The van der Waals surface area contributed by atoms with Gasteiger partial charge in [0.25, 0.3) is 0 Å².